The van der Waals surface area contributed by atoms with Crippen molar-refractivity contribution in [1.82, 2.24) is 0 Å². The average molecular weight is 286 g/mol. The Balaban J connectivity index is 3.16. The third-order valence-corrected chi connectivity index (χ3v) is 3.18. The summed E-state index contributed by atoms with van der Waals surface area (Å²) < 4.78 is 10.9. The highest BCUT2D eigenvalue weighted by atomic mass is 16.5. The first-order valence-corrected chi connectivity index (χ1v) is 8.01. The molecular formula is C17H34O3. The SMILES string of the molecule is CC(C)C(=O)COCCCOCCCCCC(C)(C)C. The Morgan fingerprint density at radius 2 is 1.50 bits per heavy atom. The predicted molar refractivity (Wildman–Crippen MR) is 84.0 cm³/mol. The molecule has 20 heavy (non-hydrogen) atoms. The molecular weight excluding hydrogens is 252 g/mol. The minimum absolute atomic E-state index is 0.0688. The monoisotopic (exact) mass is 286 g/mol. The number of carbonyl (C=O) groups is 1. The van der Waals surface area contributed by atoms with Crippen LogP contribution in [-0.4, -0.2) is 32.2 Å². The summed E-state index contributed by atoms with van der Waals surface area (Å²) in [5.41, 5.74) is 0.450. The number of hydrogen-bond acceptors (Lipinski definition) is 3. The van der Waals surface area contributed by atoms with Crippen molar-refractivity contribution in [3.05, 3.63) is 0 Å². The first-order valence-electron chi connectivity index (χ1n) is 8.01. The van der Waals surface area contributed by atoms with Crippen LogP contribution in [-0.2, 0) is 14.3 Å². The molecule has 0 atom stereocenters. The Morgan fingerprint density at radius 3 is 2.10 bits per heavy atom. The standard InChI is InChI=1S/C17H34O3/c1-15(2)16(18)14-20-13-9-12-19-11-8-6-7-10-17(3,4)5/h15H,6-14H2,1-5H3. The van der Waals surface area contributed by atoms with Crippen molar-refractivity contribution in [3.8, 4) is 0 Å². The van der Waals surface area contributed by atoms with Crippen LogP contribution in [0.1, 0.15) is 66.7 Å². The summed E-state index contributed by atoms with van der Waals surface area (Å²) in [6.45, 7) is 13.1. The Hall–Kier alpha value is -0.410. The van der Waals surface area contributed by atoms with Gasteiger partial charge in [0.25, 0.3) is 0 Å². The molecule has 0 aromatic rings. The van der Waals surface area contributed by atoms with Crippen LogP contribution < -0.4 is 0 Å². The van der Waals surface area contributed by atoms with Crippen LogP contribution in [0.15, 0.2) is 0 Å². The number of rotatable bonds is 12. The van der Waals surface area contributed by atoms with Crippen LogP contribution in [0.4, 0.5) is 0 Å². The fourth-order valence-corrected chi connectivity index (χ4v) is 1.74. The van der Waals surface area contributed by atoms with Crippen molar-refractivity contribution in [2.75, 3.05) is 26.4 Å². The van der Waals surface area contributed by atoms with Gasteiger partial charge < -0.3 is 9.47 Å². The summed E-state index contributed by atoms with van der Waals surface area (Å²) in [6.07, 6.45) is 5.82. The molecule has 0 radical (unpaired) electrons. The minimum Gasteiger partial charge on any atom is -0.381 e. The van der Waals surface area contributed by atoms with Crippen LogP contribution in [0, 0.1) is 11.3 Å². The first-order chi connectivity index (χ1) is 9.33. The molecule has 0 saturated carbocycles. The van der Waals surface area contributed by atoms with Crippen molar-refractivity contribution in [2.45, 2.75) is 66.7 Å². The molecule has 3 nitrogen and oxygen atoms in total. The molecule has 0 aliphatic carbocycles. The molecule has 0 bridgehead atoms. The van der Waals surface area contributed by atoms with E-state index in [0.717, 1.165) is 26.1 Å². The van der Waals surface area contributed by atoms with Crippen molar-refractivity contribution in [1.29, 1.82) is 0 Å². The average Bonchev–Trinajstić information content (AvgIpc) is 2.34. The maximum Gasteiger partial charge on any atom is 0.160 e. The predicted octanol–water partition coefficient (Wildman–Crippen LogP) is 4.24. The van der Waals surface area contributed by atoms with Crippen LogP contribution in [0.2, 0.25) is 0 Å². The quantitative estimate of drug-likeness (QED) is 0.503. The fourth-order valence-electron chi connectivity index (χ4n) is 1.74. The van der Waals surface area contributed by atoms with Crippen molar-refractivity contribution >= 4 is 5.78 Å². The summed E-state index contributed by atoms with van der Waals surface area (Å²) in [6, 6.07) is 0. The van der Waals surface area contributed by atoms with Gasteiger partial charge in [-0.05, 0) is 24.7 Å². The lowest BCUT2D eigenvalue weighted by molar-refractivity contribution is -0.126. The number of hydrogen-bond donors (Lipinski definition) is 0. The van der Waals surface area contributed by atoms with Crippen molar-refractivity contribution in [2.24, 2.45) is 11.3 Å². The minimum atomic E-state index is 0.0688. The van der Waals surface area contributed by atoms with Gasteiger partial charge in [0.15, 0.2) is 5.78 Å². The molecule has 0 rings (SSSR count). The second-order valence-electron chi connectivity index (χ2n) is 7.01. The molecule has 0 amide bonds. The van der Waals surface area contributed by atoms with Gasteiger partial charge in [-0.2, -0.15) is 0 Å². The number of ether oxygens (including phenoxy) is 2. The van der Waals surface area contributed by atoms with E-state index in [1.807, 2.05) is 13.8 Å². The van der Waals surface area contributed by atoms with Gasteiger partial charge in [0.2, 0.25) is 0 Å². The Morgan fingerprint density at radius 1 is 0.900 bits per heavy atom. The maximum atomic E-state index is 11.3. The zero-order valence-electron chi connectivity index (χ0n) is 14.2. The number of carbonyl (C=O) groups excluding carboxylic acids is 1. The van der Waals surface area contributed by atoms with Gasteiger partial charge in [-0.3, -0.25) is 4.79 Å². The normalized spacial score (nSPS) is 12.1. The van der Waals surface area contributed by atoms with Gasteiger partial charge in [0.05, 0.1) is 0 Å². The molecule has 120 valence electrons. The van der Waals surface area contributed by atoms with Crippen LogP contribution >= 0.6 is 0 Å². The smallest absolute Gasteiger partial charge is 0.160 e. The highest BCUT2D eigenvalue weighted by molar-refractivity contribution is 5.81. The molecule has 0 spiro atoms. The zero-order valence-corrected chi connectivity index (χ0v) is 14.2. The van der Waals surface area contributed by atoms with E-state index in [1.54, 1.807) is 0 Å². The molecule has 0 N–H and O–H groups in total. The van der Waals surface area contributed by atoms with E-state index < -0.39 is 0 Å². The number of unbranched alkanes of at least 4 members (excludes halogenated alkanes) is 2. The summed E-state index contributed by atoms with van der Waals surface area (Å²) in [5.74, 6) is 0.240. The van der Waals surface area contributed by atoms with Gasteiger partial charge in [-0.15, -0.1) is 0 Å². The zero-order chi connectivity index (χ0) is 15.4. The van der Waals surface area contributed by atoms with E-state index in [0.29, 0.717) is 12.0 Å². The van der Waals surface area contributed by atoms with Gasteiger partial charge in [0.1, 0.15) is 6.61 Å². The van der Waals surface area contributed by atoms with E-state index in [9.17, 15) is 4.79 Å². The van der Waals surface area contributed by atoms with Crippen LogP contribution in [0.5, 0.6) is 0 Å². The molecule has 0 unspecified atom stereocenters. The van der Waals surface area contributed by atoms with Gasteiger partial charge in [-0.25, -0.2) is 0 Å². The van der Waals surface area contributed by atoms with Gasteiger partial charge >= 0.3 is 0 Å². The summed E-state index contributed by atoms with van der Waals surface area (Å²) in [7, 11) is 0. The lowest BCUT2D eigenvalue weighted by atomic mass is 9.89. The lowest BCUT2D eigenvalue weighted by Gasteiger charge is -2.17. The molecule has 0 aliphatic heterocycles. The second-order valence-corrected chi connectivity index (χ2v) is 7.01. The first kappa shape index (κ1) is 19.6. The Labute approximate surface area is 125 Å². The molecule has 0 saturated heterocycles. The van der Waals surface area contributed by atoms with Gasteiger partial charge in [0, 0.05) is 25.7 Å². The van der Waals surface area contributed by atoms with Gasteiger partial charge in [-0.1, -0.05) is 47.5 Å². The van der Waals surface area contributed by atoms with Crippen LogP contribution in [0.3, 0.4) is 0 Å². The Kier molecular flexibility index (Phi) is 11.0. The molecule has 0 aliphatic rings. The van der Waals surface area contributed by atoms with E-state index in [2.05, 4.69) is 20.8 Å². The molecule has 3 heteroatoms. The third kappa shape index (κ3) is 14.0. The number of ketones is 1. The van der Waals surface area contributed by atoms with Crippen molar-refractivity contribution in [3.63, 3.8) is 0 Å². The number of Topliss-reactive ketones (excluding diaryl/α,β-unsaturated/α-hetero) is 1. The topological polar surface area (TPSA) is 35.5 Å². The second kappa shape index (κ2) is 11.3. The fraction of sp³-hybridized carbons (Fsp3) is 0.941. The van der Waals surface area contributed by atoms with E-state index in [4.69, 9.17) is 9.47 Å². The summed E-state index contributed by atoms with van der Waals surface area (Å²) >= 11 is 0. The largest absolute Gasteiger partial charge is 0.381 e. The lowest BCUT2D eigenvalue weighted by Crippen LogP contribution is -2.15. The highest BCUT2D eigenvalue weighted by Gasteiger charge is 2.08. The third-order valence-electron chi connectivity index (χ3n) is 3.18. The summed E-state index contributed by atoms with van der Waals surface area (Å²) in [4.78, 5) is 11.3. The molecule has 0 aromatic heterocycles. The van der Waals surface area contributed by atoms with E-state index in [1.165, 1.54) is 19.3 Å². The highest BCUT2D eigenvalue weighted by Crippen LogP contribution is 2.21. The molecule has 0 fully saturated rings. The van der Waals surface area contributed by atoms with E-state index in [-0.39, 0.29) is 18.3 Å². The maximum absolute atomic E-state index is 11.3. The molecule has 0 heterocycles. The van der Waals surface area contributed by atoms with Crippen molar-refractivity contribution < 1.29 is 14.3 Å². The van der Waals surface area contributed by atoms with Crippen LogP contribution in [0.25, 0.3) is 0 Å². The Bertz CT molecular complexity index is 241. The van der Waals surface area contributed by atoms with E-state index >= 15 is 0 Å². The summed E-state index contributed by atoms with van der Waals surface area (Å²) in [5, 5.41) is 0. The molecule has 0 aromatic carbocycles.